The maximum absolute atomic E-state index is 12.2. The number of halogens is 1. The van der Waals surface area contributed by atoms with E-state index >= 15 is 0 Å². The van der Waals surface area contributed by atoms with Gasteiger partial charge < -0.3 is 10.6 Å². The van der Waals surface area contributed by atoms with Crippen molar-refractivity contribution in [2.24, 2.45) is 5.73 Å². The molecule has 1 amide bonds. The van der Waals surface area contributed by atoms with Crippen molar-refractivity contribution in [3.05, 3.63) is 29.0 Å². The lowest BCUT2D eigenvalue weighted by Gasteiger charge is -2.34. The van der Waals surface area contributed by atoms with Gasteiger partial charge in [0.05, 0.1) is 5.56 Å². The van der Waals surface area contributed by atoms with E-state index in [9.17, 15) is 4.79 Å². The van der Waals surface area contributed by atoms with Gasteiger partial charge in [-0.05, 0) is 12.1 Å². The lowest BCUT2D eigenvalue weighted by atomic mass is 10.2. The van der Waals surface area contributed by atoms with E-state index in [0.717, 1.165) is 19.6 Å². The molecule has 2 rings (SSSR count). The molecule has 0 bridgehead atoms. The molecular formula is C12H17ClN4O. The van der Waals surface area contributed by atoms with E-state index in [1.807, 2.05) is 4.90 Å². The summed E-state index contributed by atoms with van der Waals surface area (Å²) < 4.78 is 0. The van der Waals surface area contributed by atoms with Crippen molar-refractivity contribution in [1.29, 1.82) is 0 Å². The van der Waals surface area contributed by atoms with Gasteiger partial charge in [0.1, 0.15) is 5.15 Å². The third kappa shape index (κ3) is 2.98. The molecule has 0 aliphatic carbocycles. The Morgan fingerprint density at radius 3 is 2.72 bits per heavy atom. The Hall–Kier alpha value is -1.17. The van der Waals surface area contributed by atoms with E-state index in [1.165, 1.54) is 0 Å². The maximum Gasteiger partial charge on any atom is 0.257 e. The third-order valence-corrected chi connectivity index (χ3v) is 3.40. The van der Waals surface area contributed by atoms with Crippen LogP contribution in [0.25, 0.3) is 0 Å². The zero-order chi connectivity index (χ0) is 13.0. The molecule has 1 aromatic rings. The Labute approximate surface area is 112 Å². The fourth-order valence-electron chi connectivity index (χ4n) is 2.07. The van der Waals surface area contributed by atoms with E-state index in [0.29, 0.717) is 25.2 Å². The summed E-state index contributed by atoms with van der Waals surface area (Å²) >= 11 is 5.93. The van der Waals surface area contributed by atoms with E-state index in [2.05, 4.69) is 9.88 Å². The van der Waals surface area contributed by atoms with Gasteiger partial charge in [-0.2, -0.15) is 0 Å². The smallest absolute Gasteiger partial charge is 0.257 e. The third-order valence-electron chi connectivity index (χ3n) is 3.09. The van der Waals surface area contributed by atoms with Gasteiger partial charge in [-0.1, -0.05) is 11.6 Å². The average molecular weight is 269 g/mol. The van der Waals surface area contributed by atoms with E-state index in [1.54, 1.807) is 18.3 Å². The van der Waals surface area contributed by atoms with Crippen molar-refractivity contribution in [3.63, 3.8) is 0 Å². The summed E-state index contributed by atoms with van der Waals surface area (Å²) in [5, 5.41) is 0.270. The van der Waals surface area contributed by atoms with Crippen molar-refractivity contribution in [1.82, 2.24) is 14.8 Å². The SMILES string of the molecule is NCCN1CCN(C(=O)c2cccnc2Cl)CC1. The van der Waals surface area contributed by atoms with Crippen molar-refractivity contribution in [2.75, 3.05) is 39.3 Å². The lowest BCUT2D eigenvalue weighted by Crippen LogP contribution is -2.49. The molecule has 1 fully saturated rings. The number of rotatable bonds is 3. The highest BCUT2D eigenvalue weighted by atomic mass is 35.5. The number of hydrogen-bond donors (Lipinski definition) is 1. The molecule has 98 valence electrons. The second-order valence-corrected chi connectivity index (χ2v) is 4.62. The van der Waals surface area contributed by atoms with Crippen LogP contribution in [0.15, 0.2) is 18.3 Å². The van der Waals surface area contributed by atoms with E-state index in [4.69, 9.17) is 17.3 Å². The first kappa shape index (κ1) is 13.3. The van der Waals surface area contributed by atoms with Crippen LogP contribution < -0.4 is 5.73 Å². The number of carbonyl (C=O) groups excluding carboxylic acids is 1. The van der Waals surface area contributed by atoms with Crippen LogP contribution in [0.5, 0.6) is 0 Å². The van der Waals surface area contributed by atoms with Gasteiger partial charge in [0.2, 0.25) is 0 Å². The fourth-order valence-corrected chi connectivity index (χ4v) is 2.27. The van der Waals surface area contributed by atoms with Crippen molar-refractivity contribution in [2.45, 2.75) is 0 Å². The number of nitrogens with zero attached hydrogens (tertiary/aromatic N) is 3. The summed E-state index contributed by atoms with van der Waals surface area (Å²) in [6.07, 6.45) is 1.58. The zero-order valence-corrected chi connectivity index (χ0v) is 10.9. The number of aromatic nitrogens is 1. The topological polar surface area (TPSA) is 62.5 Å². The molecular weight excluding hydrogens is 252 g/mol. The minimum Gasteiger partial charge on any atom is -0.336 e. The summed E-state index contributed by atoms with van der Waals surface area (Å²) in [6.45, 7) is 4.69. The molecule has 2 N–H and O–H groups in total. The van der Waals surface area contributed by atoms with Crippen molar-refractivity contribution >= 4 is 17.5 Å². The van der Waals surface area contributed by atoms with Crippen LogP contribution in [0.1, 0.15) is 10.4 Å². The first-order chi connectivity index (χ1) is 8.72. The second kappa shape index (κ2) is 6.13. The van der Waals surface area contributed by atoms with Gasteiger partial charge in [-0.3, -0.25) is 9.69 Å². The Bertz CT molecular complexity index is 418. The lowest BCUT2D eigenvalue weighted by molar-refractivity contribution is 0.0641. The highest BCUT2D eigenvalue weighted by molar-refractivity contribution is 6.32. The summed E-state index contributed by atoms with van der Waals surface area (Å²) in [5.74, 6) is -0.0412. The van der Waals surface area contributed by atoms with E-state index < -0.39 is 0 Å². The van der Waals surface area contributed by atoms with Crippen LogP contribution in [0.2, 0.25) is 5.15 Å². The summed E-state index contributed by atoms with van der Waals surface area (Å²) in [6, 6.07) is 3.44. The van der Waals surface area contributed by atoms with Crippen LogP contribution in [0.3, 0.4) is 0 Å². The molecule has 0 radical (unpaired) electrons. The standard InChI is InChI=1S/C12H17ClN4O/c13-11-10(2-1-4-15-11)12(18)17-8-6-16(5-3-14)7-9-17/h1-2,4H,3,5-9,14H2. The van der Waals surface area contributed by atoms with Crippen molar-refractivity contribution in [3.8, 4) is 0 Å². The zero-order valence-electron chi connectivity index (χ0n) is 10.2. The highest BCUT2D eigenvalue weighted by Crippen LogP contribution is 2.15. The van der Waals surface area contributed by atoms with E-state index in [-0.39, 0.29) is 11.1 Å². The predicted octanol–water partition coefficient (Wildman–Crippen LogP) is 0.452. The van der Waals surface area contributed by atoms with Gasteiger partial charge in [-0.15, -0.1) is 0 Å². The van der Waals surface area contributed by atoms with Gasteiger partial charge in [0.25, 0.3) is 5.91 Å². The number of pyridine rings is 1. The number of piperazine rings is 1. The first-order valence-corrected chi connectivity index (χ1v) is 6.42. The Balaban J connectivity index is 1.98. The molecule has 18 heavy (non-hydrogen) atoms. The summed E-state index contributed by atoms with van der Waals surface area (Å²) in [7, 11) is 0. The predicted molar refractivity (Wildman–Crippen MR) is 70.6 cm³/mol. The molecule has 1 aliphatic rings. The van der Waals surface area contributed by atoms with Gasteiger partial charge >= 0.3 is 0 Å². The molecule has 0 aromatic carbocycles. The Kier molecular flexibility index (Phi) is 4.52. The molecule has 1 aromatic heterocycles. The first-order valence-electron chi connectivity index (χ1n) is 6.04. The molecule has 0 spiro atoms. The number of amides is 1. The molecule has 1 saturated heterocycles. The molecule has 6 heteroatoms. The second-order valence-electron chi connectivity index (χ2n) is 4.26. The number of hydrogen-bond acceptors (Lipinski definition) is 4. The normalized spacial score (nSPS) is 16.9. The Morgan fingerprint density at radius 2 is 2.11 bits per heavy atom. The minimum atomic E-state index is -0.0412. The number of carbonyl (C=O) groups is 1. The molecule has 1 aliphatic heterocycles. The molecule has 0 saturated carbocycles. The number of nitrogens with two attached hydrogens (primary N) is 1. The summed E-state index contributed by atoms with van der Waals surface area (Å²) in [5.41, 5.74) is 5.99. The van der Waals surface area contributed by atoms with Crippen LogP contribution in [0.4, 0.5) is 0 Å². The Morgan fingerprint density at radius 1 is 1.39 bits per heavy atom. The van der Waals surface area contributed by atoms with Crippen LogP contribution in [-0.4, -0.2) is 60.0 Å². The maximum atomic E-state index is 12.2. The largest absolute Gasteiger partial charge is 0.336 e. The summed E-state index contributed by atoms with van der Waals surface area (Å²) in [4.78, 5) is 20.2. The monoisotopic (exact) mass is 268 g/mol. The van der Waals surface area contributed by atoms with Crippen LogP contribution in [0, 0.1) is 0 Å². The fraction of sp³-hybridized carbons (Fsp3) is 0.500. The molecule has 5 nitrogen and oxygen atoms in total. The highest BCUT2D eigenvalue weighted by Gasteiger charge is 2.23. The van der Waals surface area contributed by atoms with Crippen LogP contribution in [-0.2, 0) is 0 Å². The quantitative estimate of drug-likeness (QED) is 0.809. The average Bonchev–Trinajstić information content (AvgIpc) is 2.40. The van der Waals surface area contributed by atoms with Gasteiger partial charge in [0, 0.05) is 45.5 Å². The van der Waals surface area contributed by atoms with Gasteiger partial charge in [-0.25, -0.2) is 4.98 Å². The molecule has 0 unspecified atom stereocenters. The van der Waals surface area contributed by atoms with Gasteiger partial charge in [0.15, 0.2) is 0 Å². The molecule has 0 atom stereocenters. The van der Waals surface area contributed by atoms with Crippen molar-refractivity contribution < 1.29 is 4.79 Å². The van der Waals surface area contributed by atoms with Crippen LogP contribution >= 0.6 is 11.6 Å². The minimum absolute atomic E-state index is 0.0412. The molecule has 2 heterocycles.